The van der Waals surface area contributed by atoms with Crippen LogP contribution in [0.4, 0.5) is 9.18 Å². The van der Waals surface area contributed by atoms with Crippen molar-refractivity contribution in [1.82, 2.24) is 10.2 Å². The SMILES string of the molecule is C=CCOC(=O)[C@H](CCCN(C)C(=O)c1cc(F)ccc1O)NC(=O)OCc1ccccc1. The molecule has 0 radical (unpaired) electrons. The van der Waals surface area contributed by atoms with E-state index in [1.54, 1.807) is 12.1 Å². The molecule has 2 rings (SSSR count). The lowest BCUT2D eigenvalue weighted by atomic mass is 10.1. The molecule has 33 heavy (non-hydrogen) atoms. The Hall–Kier alpha value is -3.88. The van der Waals surface area contributed by atoms with Gasteiger partial charge in [-0.05, 0) is 36.6 Å². The predicted molar refractivity (Wildman–Crippen MR) is 119 cm³/mol. The van der Waals surface area contributed by atoms with Crippen LogP contribution in [0.2, 0.25) is 0 Å². The third-order valence-corrected chi connectivity index (χ3v) is 4.65. The smallest absolute Gasteiger partial charge is 0.408 e. The monoisotopic (exact) mass is 458 g/mol. The maximum absolute atomic E-state index is 13.4. The standard InChI is InChI=1S/C24H27FN2O6/c1-3-14-32-23(30)20(26-24(31)33-16-17-8-5-4-6-9-17)10-7-13-27(2)22(29)19-15-18(25)11-12-21(19)28/h3-6,8-9,11-12,15,20,28H,1,7,10,13-14,16H2,2H3,(H,26,31)/t20-/m0/s1. The van der Waals surface area contributed by atoms with E-state index in [4.69, 9.17) is 9.47 Å². The highest BCUT2D eigenvalue weighted by Crippen LogP contribution is 2.19. The molecule has 0 aliphatic rings. The van der Waals surface area contributed by atoms with Crippen molar-refractivity contribution < 1.29 is 33.4 Å². The van der Waals surface area contributed by atoms with Gasteiger partial charge in [0.2, 0.25) is 0 Å². The summed E-state index contributed by atoms with van der Waals surface area (Å²) in [6.45, 7) is 3.68. The summed E-state index contributed by atoms with van der Waals surface area (Å²) in [5.74, 6) is -2.22. The average molecular weight is 458 g/mol. The van der Waals surface area contributed by atoms with Crippen LogP contribution < -0.4 is 5.32 Å². The Morgan fingerprint density at radius 3 is 2.61 bits per heavy atom. The predicted octanol–water partition coefficient (Wildman–Crippen LogP) is 3.41. The van der Waals surface area contributed by atoms with E-state index >= 15 is 0 Å². The van der Waals surface area contributed by atoms with Crippen molar-refractivity contribution in [3.63, 3.8) is 0 Å². The minimum absolute atomic E-state index is 0.0205. The summed E-state index contributed by atoms with van der Waals surface area (Å²) in [7, 11) is 1.49. The zero-order chi connectivity index (χ0) is 24.2. The summed E-state index contributed by atoms with van der Waals surface area (Å²) in [6.07, 6.45) is 1.09. The molecule has 2 amide bonds. The first-order valence-electron chi connectivity index (χ1n) is 10.3. The highest BCUT2D eigenvalue weighted by Gasteiger charge is 2.24. The second kappa shape index (κ2) is 12.8. The fourth-order valence-corrected chi connectivity index (χ4v) is 2.92. The number of hydrogen-bond acceptors (Lipinski definition) is 6. The third kappa shape index (κ3) is 8.29. The van der Waals surface area contributed by atoms with Crippen molar-refractivity contribution in [2.75, 3.05) is 20.2 Å². The van der Waals surface area contributed by atoms with E-state index in [9.17, 15) is 23.9 Å². The number of nitrogens with one attached hydrogen (secondary N) is 1. The maximum atomic E-state index is 13.4. The molecule has 2 aromatic rings. The van der Waals surface area contributed by atoms with E-state index in [-0.39, 0.29) is 37.5 Å². The Balaban J connectivity index is 1.91. The summed E-state index contributed by atoms with van der Waals surface area (Å²) in [5, 5.41) is 12.3. The molecule has 0 saturated carbocycles. The van der Waals surface area contributed by atoms with Gasteiger partial charge in [0.15, 0.2) is 0 Å². The summed E-state index contributed by atoms with van der Waals surface area (Å²) in [5.41, 5.74) is 0.626. The van der Waals surface area contributed by atoms with Crippen LogP contribution in [0.3, 0.4) is 0 Å². The molecule has 0 spiro atoms. The maximum Gasteiger partial charge on any atom is 0.408 e. The molecule has 2 N–H and O–H groups in total. The number of hydrogen-bond donors (Lipinski definition) is 2. The van der Waals surface area contributed by atoms with Gasteiger partial charge in [0, 0.05) is 13.6 Å². The minimum Gasteiger partial charge on any atom is -0.507 e. The van der Waals surface area contributed by atoms with Gasteiger partial charge in [-0.3, -0.25) is 4.79 Å². The molecule has 8 nitrogen and oxygen atoms in total. The van der Waals surface area contributed by atoms with Crippen LogP contribution in [0.25, 0.3) is 0 Å². The molecule has 9 heteroatoms. The number of amides is 2. The van der Waals surface area contributed by atoms with Crippen LogP contribution in [0.1, 0.15) is 28.8 Å². The lowest BCUT2D eigenvalue weighted by Gasteiger charge is -2.20. The van der Waals surface area contributed by atoms with Gasteiger partial charge >= 0.3 is 12.1 Å². The molecular weight excluding hydrogens is 431 g/mol. The Bertz CT molecular complexity index is 967. The molecule has 0 aromatic heterocycles. The van der Waals surface area contributed by atoms with E-state index in [2.05, 4.69) is 11.9 Å². The summed E-state index contributed by atoms with van der Waals surface area (Å²) < 4.78 is 23.6. The normalized spacial score (nSPS) is 11.2. The third-order valence-electron chi connectivity index (χ3n) is 4.65. The van der Waals surface area contributed by atoms with Crippen LogP contribution in [0.5, 0.6) is 5.75 Å². The second-order valence-corrected chi connectivity index (χ2v) is 7.21. The number of carbonyl (C=O) groups is 3. The number of ether oxygens (including phenoxy) is 2. The molecule has 2 aromatic carbocycles. The first kappa shape index (κ1) is 25.4. The number of phenolic OH excluding ortho intramolecular Hbond substituents is 1. The van der Waals surface area contributed by atoms with Gasteiger partial charge in [-0.2, -0.15) is 0 Å². The largest absolute Gasteiger partial charge is 0.507 e. The van der Waals surface area contributed by atoms with Crippen molar-refractivity contribution in [1.29, 1.82) is 0 Å². The van der Waals surface area contributed by atoms with Crippen molar-refractivity contribution in [2.45, 2.75) is 25.5 Å². The molecule has 0 aliphatic carbocycles. The zero-order valence-corrected chi connectivity index (χ0v) is 18.3. The zero-order valence-electron chi connectivity index (χ0n) is 18.3. The van der Waals surface area contributed by atoms with Crippen molar-refractivity contribution >= 4 is 18.0 Å². The van der Waals surface area contributed by atoms with E-state index < -0.39 is 29.8 Å². The van der Waals surface area contributed by atoms with Gasteiger partial charge in [-0.15, -0.1) is 0 Å². The summed E-state index contributed by atoms with van der Waals surface area (Å²) in [4.78, 5) is 38.3. The van der Waals surface area contributed by atoms with Crippen molar-refractivity contribution in [2.24, 2.45) is 0 Å². The van der Waals surface area contributed by atoms with Crippen LogP contribution in [-0.4, -0.2) is 54.2 Å². The van der Waals surface area contributed by atoms with Gasteiger partial charge in [-0.1, -0.05) is 43.0 Å². The van der Waals surface area contributed by atoms with Gasteiger partial charge in [0.25, 0.3) is 5.91 Å². The molecule has 0 heterocycles. The van der Waals surface area contributed by atoms with E-state index in [1.807, 2.05) is 18.2 Å². The van der Waals surface area contributed by atoms with Crippen LogP contribution >= 0.6 is 0 Å². The molecule has 0 aliphatic heterocycles. The Morgan fingerprint density at radius 2 is 1.91 bits per heavy atom. The fraction of sp³-hybridized carbons (Fsp3) is 0.292. The topological polar surface area (TPSA) is 105 Å². The van der Waals surface area contributed by atoms with Crippen molar-refractivity contribution in [3.8, 4) is 5.75 Å². The molecule has 0 unspecified atom stereocenters. The number of aromatic hydroxyl groups is 1. The number of phenols is 1. The molecule has 176 valence electrons. The molecule has 0 bridgehead atoms. The Kier molecular flexibility index (Phi) is 9.88. The Morgan fingerprint density at radius 1 is 1.18 bits per heavy atom. The van der Waals surface area contributed by atoms with Crippen molar-refractivity contribution in [3.05, 3.63) is 78.1 Å². The molecule has 0 fully saturated rings. The number of alkyl carbamates (subject to hydrolysis) is 1. The first-order valence-corrected chi connectivity index (χ1v) is 10.3. The highest BCUT2D eigenvalue weighted by atomic mass is 19.1. The number of nitrogens with zero attached hydrogens (tertiary/aromatic N) is 1. The highest BCUT2D eigenvalue weighted by molar-refractivity contribution is 5.96. The van der Waals surface area contributed by atoms with Gasteiger partial charge < -0.3 is 24.8 Å². The number of carbonyl (C=O) groups excluding carboxylic acids is 3. The number of benzene rings is 2. The lowest BCUT2D eigenvalue weighted by molar-refractivity contribution is -0.145. The number of rotatable bonds is 11. The van der Waals surface area contributed by atoms with Gasteiger partial charge in [0.05, 0.1) is 5.56 Å². The molecular formula is C24H27FN2O6. The van der Waals surface area contributed by atoms with E-state index in [0.717, 1.165) is 23.8 Å². The molecule has 0 saturated heterocycles. The quantitative estimate of drug-likeness (QED) is 0.395. The van der Waals surface area contributed by atoms with E-state index in [0.29, 0.717) is 6.42 Å². The average Bonchev–Trinajstić information content (AvgIpc) is 2.82. The molecule has 1 atom stereocenters. The first-order chi connectivity index (χ1) is 15.8. The van der Waals surface area contributed by atoms with Crippen LogP contribution in [0, 0.1) is 5.82 Å². The van der Waals surface area contributed by atoms with Crippen LogP contribution in [0.15, 0.2) is 61.2 Å². The van der Waals surface area contributed by atoms with Gasteiger partial charge in [0.1, 0.15) is 30.8 Å². The summed E-state index contributed by atoms with van der Waals surface area (Å²) in [6, 6.07) is 11.2. The van der Waals surface area contributed by atoms with E-state index in [1.165, 1.54) is 18.0 Å². The summed E-state index contributed by atoms with van der Waals surface area (Å²) >= 11 is 0. The number of esters is 1. The number of halogens is 1. The Labute approximate surface area is 191 Å². The second-order valence-electron chi connectivity index (χ2n) is 7.21. The lowest BCUT2D eigenvalue weighted by Crippen LogP contribution is -2.42. The van der Waals surface area contributed by atoms with Gasteiger partial charge in [-0.25, -0.2) is 14.0 Å². The minimum atomic E-state index is -1.00. The van der Waals surface area contributed by atoms with Crippen LogP contribution in [-0.2, 0) is 20.9 Å². The fourth-order valence-electron chi connectivity index (χ4n) is 2.92.